The molecule has 1 aromatic rings. The average Bonchev–Trinajstić information content (AvgIpc) is 2.43. The van der Waals surface area contributed by atoms with E-state index in [2.05, 4.69) is 26.0 Å². The maximum Gasteiger partial charge on any atom is 0.241 e. The van der Waals surface area contributed by atoms with Crippen molar-refractivity contribution >= 4 is 18.3 Å². The van der Waals surface area contributed by atoms with Crippen molar-refractivity contribution in [2.75, 3.05) is 26.8 Å². The van der Waals surface area contributed by atoms with Crippen LogP contribution in [0.15, 0.2) is 30.3 Å². The zero-order valence-corrected chi connectivity index (χ0v) is 13.9. The minimum absolute atomic E-state index is 0. The minimum Gasteiger partial charge on any atom is -0.383 e. The van der Waals surface area contributed by atoms with Gasteiger partial charge in [0, 0.05) is 20.2 Å². The first-order valence-electron chi connectivity index (χ1n) is 7.11. The summed E-state index contributed by atoms with van der Waals surface area (Å²) in [5.41, 5.74) is 7.09. The largest absolute Gasteiger partial charge is 0.383 e. The van der Waals surface area contributed by atoms with Crippen LogP contribution >= 0.6 is 12.4 Å². The van der Waals surface area contributed by atoms with Crippen LogP contribution in [-0.4, -0.2) is 43.7 Å². The topological polar surface area (TPSA) is 55.6 Å². The number of methoxy groups -OCH3 is 1. The maximum atomic E-state index is 12.3. The van der Waals surface area contributed by atoms with Gasteiger partial charge in [0.05, 0.1) is 6.61 Å². The molecule has 0 aliphatic rings. The highest BCUT2D eigenvalue weighted by Crippen LogP contribution is 2.06. The molecule has 0 radical (unpaired) electrons. The molecule has 1 unspecified atom stereocenters. The summed E-state index contributed by atoms with van der Waals surface area (Å²) in [6.45, 7) is 5.88. The molecule has 0 aliphatic heterocycles. The number of hydrogen-bond donors (Lipinski definition) is 1. The fourth-order valence-electron chi connectivity index (χ4n) is 2.13. The summed E-state index contributed by atoms with van der Waals surface area (Å²) in [5.74, 6) is 0.390. The van der Waals surface area contributed by atoms with E-state index in [0.717, 1.165) is 13.0 Å². The summed E-state index contributed by atoms with van der Waals surface area (Å²) in [6.07, 6.45) is 0.846. The van der Waals surface area contributed by atoms with Crippen LogP contribution in [0, 0.1) is 5.92 Å². The van der Waals surface area contributed by atoms with Crippen LogP contribution in [0.2, 0.25) is 0 Å². The number of amides is 1. The average molecular weight is 315 g/mol. The highest BCUT2D eigenvalue weighted by molar-refractivity contribution is 5.85. The van der Waals surface area contributed by atoms with Crippen LogP contribution in [-0.2, 0) is 16.0 Å². The van der Waals surface area contributed by atoms with E-state index in [1.807, 2.05) is 23.1 Å². The van der Waals surface area contributed by atoms with E-state index in [0.29, 0.717) is 12.5 Å². The summed E-state index contributed by atoms with van der Waals surface area (Å²) in [5, 5.41) is 0. The Bertz CT molecular complexity index is 399. The van der Waals surface area contributed by atoms with Gasteiger partial charge in [0.15, 0.2) is 0 Å². The Kier molecular flexibility index (Phi) is 10.0. The van der Waals surface area contributed by atoms with Gasteiger partial charge in [-0.2, -0.15) is 0 Å². The second-order valence-electron chi connectivity index (χ2n) is 5.48. The van der Waals surface area contributed by atoms with Crippen LogP contribution < -0.4 is 5.73 Å². The number of hydrogen-bond acceptors (Lipinski definition) is 3. The molecule has 4 nitrogen and oxygen atoms in total. The van der Waals surface area contributed by atoms with Crippen molar-refractivity contribution in [3.05, 3.63) is 35.9 Å². The van der Waals surface area contributed by atoms with E-state index < -0.39 is 6.04 Å². The molecule has 1 rings (SSSR count). The van der Waals surface area contributed by atoms with E-state index in [1.165, 1.54) is 5.56 Å². The van der Waals surface area contributed by atoms with Gasteiger partial charge in [-0.1, -0.05) is 44.2 Å². The van der Waals surface area contributed by atoms with Gasteiger partial charge in [-0.25, -0.2) is 0 Å². The van der Waals surface area contributed by atoms with E-state index >= 15 is 0 Å². The second-order valence-corrected chi connectivity index (χ2v) is 5.48. The van der Waals surface area contributed by atoms with Crippen molar-refractivity contribution in [3.63, 3.8) is 0 Å². The molecule has 5 heteroatoms. The van der Waals surface area contributed by atoms with Crippen LogP contribution in [0.4, 0.5) is 0 Å². The number of halogens is 1. The summed E-state index contributed by atoms with van der Waals surface area (Å²) in [6, 6.07) is 9.60. The molecule has 0 aliphatic carbocycles. The minimum atomic E-state index is -0.575. The quantitative estimate of drug-likeness (QED) is 0.799. The zero-order chi connectivity index (χ0) is 15.0. The Balaban J connectivity index is 0.00000400. The molecule has 0 spiro atoms. The third-order valence-corrected chi connectivity index (χ3v) is 3.07. The number of nitrogens with two attached hydrogens (primary N) is 1. The van der Waals surface area contributed by atoms with Gasteiger partial charge in [0.1, 0.15) is 6.04 Å². The molecule has 0 heterocycles. The standard InChI is InChI=1S/C16H26N2O2.ClH/c1-13(2)11-18(16(19)15(17)12-20-3)10-9-14-7-5-4-6-8-14;/h4-8,13,15H,9-12,17H2,1-3H3;1H. The van der Waals surface area contributed by atoms with Gasteiger partial charge in [-0.3, -0.25) is 4.79 Å². The molecule has 21 heavy (non-hydrogen) atoms. The fourth-order valence-corrected chi connectivity index (χ4v) is 2.13. The molecule has 0 bridgehead atoms. The van der Waals surface area contributed by atoms with Gasteiger partial charge in [-0.05, 0) is 17.9 Å². The number of nitrogens with zero attached hydrogens (tertiary/aromatic N) is 1. The Morgan fingerprint density at radius 3 is 2.43 bits per heavy atom. The first-order chi connectivity index (χ1) is 9.54. The molecule has 0 aromatic heterocycles. The summed E-state index contributed by atoms with van der Waals surface area (Å²) >= 11 is 0. The lowest BCUT2D eigenvalue weighted by Gasteiger charge is -2.27. The molecule has 120 valence electrons. The molecule has 1 amide bonds. The summed E-state index contributed by atoms with van der Waals surface area (Å²) in [4.78, 5) is 14.2. The van der Waals surface area contributed by atoms with Crippen molar-refractivity contribution in [3.8, 4) is 0 Å². The summed E-state index contributed by atoms with van der Waals surface area (Å²) in [7, 11) is 1.56. The normalized spacial score (nSPS) is 11.9. The molecule has 1 atom stereocenters. The van der Waals surface area contributed by atoms with Crippen molar-refractivity contribution in [1.29, 1.82) is 0 Å². The predicted octanol–water partition coefficient (Wildman–Crippen LogP) is 2.11. The zero-order valence-electron chi connectivity index (χ0n) is 13.1. The van der Waals surface area contributed by atoms with E-state index in [4.69, 9.17) is 10.5 Å². The molecule has 0 saturated heterocycles. The van der Waals surface area contributed by atoms with Crippen molar-refractivity contribution < 1.29 is 9.53 Å². The molecule has 1 aromatic carbocycles. The molecular weight excluding hydrogens is 288 g/mol. The van der Waals surface area contributed by atoms with Crippen LogP contribution in [0.25, 0.3) is 0 Å². The van der Waals surface area contributed by atoms with Crippen molar-refractivity contribution in [2.24, 2.45) is 11.7 Å². The lowest BCUT2D eigenvalue weighted by molar-refractivity contribution is -0.134. The maximum absolute atomic E-state index is 12.3. The highest BCUT2D eigenvalue weighted by Gasteiger charge is 2.21. The van der Waals surface area contributed by atoms with Gasteiger partial charge in [0.2, 0.25) is 5.91 Å². The van der Waals surface area contributed by atoms with E-state index in [9.17, 15) is 4.79 Å². The van der Waals surface area contributed by atoms with Crippen molar-refractivity contribution in [1.82, 2.24) is 4.90 Å². The molecule has 2 N–H and O–H groups in total. The third-order valence-electron chi connectivity index (χ3n) is 3.07. The van der Waals surface area contributed by atoms with Gasteiger partial charge in [0.25, 0.3) is 0 Å². The number of rotatable bonds is 8. The predicted molar refractivity (Wildman–Crippen MR) is 88.7 cm³/mol. The van der Waals surface area contributed by atoms with E-state index in [1.54, 1.807) is 7.11 Å². The Morgan fingerprint density at radius 1 is 1.29 bits per heavy atom. The molecule has 0 fully saturated rings. The number of carbonyl (C=O) groups is 1. The SMILES string of the molecule is COCC(N)C(=O)N(CCc1ccccc1)CC(C)C.Cl. The van der Waals surface area contributed by atoms with Gasteiger partial charge >= 0.3 is 0 Å². The first kappa shape index (κ1) is 19.9. The Hall–Kier alpha value is -1.10. The van der Waals surface area contributed by atoms with Crippen LogP contribution in [0.1, 0.15) is 19.4 Å². The Labute approximate surface area is 134 Å². The highest BCUT2D eigenvalue weighted by atomic mass is 35.5. The lowest BCUT2D eigenvalue weighted by Crippen LogP contribution is -2.48. The fraction of sp³-hybridized carbons (Fsp3) is 0.562. The monoisotopic (exact) mass is 314 g/mol. The van der Waals surface area contributed by atoms with Crippen LogP contribution in [0.3, 0.4) is 0 Å². The van der Waals surface area contributed by atoms with Crippen LogP contribution in [0.5, 0.6) is 0 Å². The Morgan fingerprint density at radius 2 is 1.90 bits per heavy atom. The number of benzene rings is 1. The number of ether oxygens (including phenoxy) is 1. The number of carbonyl (C=O) groups excluding carboxylic acids is 1. The lowest BCUT2D eigenvalue weighted by atomic mass is 10.1. The third kappa shape index (κ3) is 7.46. The van der Waals surface area contributed by atoms with Gasteiger partial charge in [-0.15, -0.1) is 12.4 Å². The molecular formula is C16H27ClN2O2. The second kappa shape index (κ2) is 10.6. The van der Waals surface area contributed by atoms with Crippen molar-refractivity contribution in [2.45, 2.75) is 26.3 Å². The molecule has 0 saturated carbocycles. The smallest absolute Gasteiger partial charge is 0.241 e. The first-order valence-corrected chi connectivity index (χ1v) is 7.11. The summed E-state index contributed by atoms with van der Waals surface area (Å²) < 4.78 is 4.97. The van der Waals surface area contributed by atoms with Gasteiger partial charge < -0.3 is 15.4 Å². The van der Waals surface area contributed by atoms with E-state index in [-0.39, 0.29) is 24.9 Å².